The van der Waals surface area contributed by atoms with Gasteiger partial charge in [0.05, 0.1) is 31.0 Å². The maximum atomic E-state index is 12.5. The van der Waals surface area contributed by atoms with Gasteiger partial charge in [0.2, 0.25) is 11.9 Å². The van der Waals surface area contributed by atoms with E-state index in [1.165, 1.54) is 11.1 Å². The molecule has 5 rings (SSSR count). The lowest BCUT2D eigenvalue weighted by atomic mass is 10.1. The Morgan fingerprint density at radius 2 is 2.00 bits per heavy atom. The molecule has 0 spiro atoms. The van der Waals surface area contributed by atoms with Gasteiger partial charge in [-0.3, -0.25) is 4.79 Å². The molecule has 0 bridgehead atoms. The normalized spacial score (nSPS) is 17.5. The molecule has 156 valence electrons. The number of hydrazone groups is 1. The Morgan fingerprint density at radius 1 is 1.17 bits per heavy atom. The molecular formula is C21H26N8O. The molecule has 0 fully saturated rings. The molecule has 9 heteroatoms. The third kappa shape index (κ3) is 4.12. The second-order valence-corrected chi connectivity index (χ2v) is 8.00. The predicted molar refractivity (Wildman–Crippen MR) is 114 cm³/mol. The van der Waals surface area contributed by atoms with E-state index in [2.05, 4.69) is 55.9 Å². The van der Waals surface area contributed by atoms with Crippen molar-refractivity contribution in [2.45, 2.75) is 38.4 Å². The standard InChI is InChI=1S/C21H26N8O/c30-20(11-22-6-5-17-10-24-28-27-17)29-12-16-9-23-21(26-19(16)13-29)25-18-7-14-3-1-2-4-15(14)8-18/h1-4,9,18,22,24,28H,5-8,10-13H2,(H,23,25,26). The first kappa shape index (κ1) is 19.0. The maximum Gasteiger partial charge on any atom is 0.237 e. The zero-order chi connectivity index (χ0) is 20.3. The fourth-order valence-electron chi connectivity index (χ4n) is 4.23. The minimum absolute atomic E-state index is 0.0818. The van der Waals surface area contributed by atoms with E-state index in [1.807, 2.05) is 11.1 Å². The van der Waals surface area contributed by atoms with Gasteiger partial charge in [-0.1, -0.05) is 24.3 Å². The molecule has 1 aliphatic carbocycles. The summed E-state index contributed by atoms with van der Waals surface area (Å²) in [5.41, 5.74) is 11.5. The Hall–Kier alpha value is -3.04. The number of nitrogens with zero attached hydrogens (tertiary/aromatic N) is 4. The van der Waals surface area contributed by atoms with Crippen molar-refractivity contribution in [1.82, 2.24) is 31.1 Å². The predicted octanol–water partition coefficient (Wildman–Crippen LogP) is 0.342. The number of hydrogen-bond acceptors (Lipinski definition) is 8. The molecule has 9 nitrogen and oxygen atoms in total. The highest BCUT2D eigenvalue weighted by Gasteiger charge is 2.26. The Morgan fingerprint density at radius 3 is 2.77 bits per heavy atom. The Balaban J connectivity index is 1.11. The van der Waals surface area contributed by atoms with E-state index < -0.39 is 0 Å². The fraction of sp³-hybridized carbons (Fsp3) is 0.429. The average molecular weight is 406 g/mol. The molecule has 0 saturated heterocycles. The van der Waals surface area contributed by atoms with Gasteiger partial charge in [-0.15, -0.1) is 0 Å². The van der Waals surface area contributed by atoms with E-state index in [-0.39, 0.29) is 5.91 Å². The molecule has 1 aromatic carbocycles. The molecule has 1 aromatic heterocycles. The zero-order valence-electron chi connectivity index (χ0n) is 16.8. The van der Waals surface area contributed by atoms with Crippen LogP contribution in [0.2, 0.25) is 0 Å². The molecule has 2 aromatic rings. The van der Waals surface area contributed by atoms with Crippen LogP contribution in [0, 0.1) is 0 Å². The largest absolute Gasteiger partial charge is 0.351 e. The summed E-state index contributed by atoms with van der Waals surface area (Å²) in [7, 11) is 0. The van der Waals surface area contributed by atoms with Crippen molar-refractivity contribution in [2.75, 3.05) is 25.0 Å². The van der Waals surface area contributed by atoms with Crippen LogP contribution >= 0.6 is 0 Å². The summed E-state index contributed by atoms with van der Waals surface area (Å²) in [6, 6.07) is 8.87. The summed E-state index contributed by atoms with van der Waals surface area (Å²) in [5, 5.41) is 10.8. The SMILES string of the molecule is O=C(CNCCC1=NNNC1)N1Cc2cnc(NC3Cc4ccccc4C3)nc2C1. The average Bonchev–Trinajstić information content (AvgIpc) is 3.49. The number of carbonyl (C=O) groups excluding carboxylic acids is 1. The molecule has 0 atom stereocenters. The lowest BCUT2D eigenvalue weighted by Crippen LogP contribution is -2.35. The molecule has 0 unspecified atom stereocenters. The van der Waals surface area contributed by atoms with Gasteiger partial charge in [0.15, 0.2) is 0 Å². The number of fused-ring (bicyclic) bond motifs is 2. The van der Waals surface area contributed by atoms with Gasteiger partial charge in [-0.25, -0.2) is 20.9 Å². The van der Waals surface area contributed by atoms with Gasteiger partial charge >= 0.3 is 0 Å². The summed E-state index contributed by atoms with van der Waals surface area (Å²) in [5.74, 6) is 0.733. The highest BCUT2D eigenvalue weighted by molar-refractivity contribution is 5.87. The van der Waals surface area contributed by atoms with Crippen LogP contribution in [0.25, 0.3) is 0 Å². The lowest BCUT2D eigenvalue weighted by molar-refractivity contribution is -0.130. The first-order chi connectivity index (χ1) is 14.7. The van der Waals surface area contributed by atoms with Crippen LogP contribution in [0.4, 0.5) is 5.95 Å². The van der Waals surface area contributed by atoms with Crippen LogP contribution < -0.4 is 21.6 Å². The Bertz CT molecular complexity index is 950. The topological polar surface area (TPSA) is 107 Å². The number of anilines is 1. The Kier molecular flexibility index (Phi) is 5.29. The molecule has 0 radical (unpaired) electrons. The van der Waals surface area contributed by atoms with E-state index in [9.17, 15) is 4.79 Å². The molecule has 2 aliphatic heterocycles. The minimum atomic E-state index is 0.0818. The van der Waals surface area contributed by atoms with E-state index in [4.69, 9.17) is 4.98 Å². The van der Waals surface area contributed by atoms with Gasteiger partial charge in [-0.2, -0.15) is 5.10 Å². The monoisotopic (exact) mass is 406 g/mol. The van der Waals surface area contributed by atoms with Gasteiger partial charge in [-0.05, 0) is 24.0 Å². The number of hydrazine groups is 1. The molecule has 1 amide bonds. The van der Waals surface area contributed by atoms with Crippen molar-refractivity contribution in [1.29, 1.82) is 0 Å². The van der Waals surface area contributed by atoms with Crippen molar-refractivity contribution in [3.8, 4) is 0 Å². The quantitative estimate of drug-likeness (QED) is 0.492. The van der Waals surface area contributed by atoms with Crippen LogP contribution in [0.1, 0.15) is 28.8 Å². The van der Waals surface area contributed by atoms with Gasteiger partial charge in [0.1, 0.15) is 0 Å². The summed E-state index contributed by atoms with van der Waals surface area (Å²) in [6.45, 7) is 2.91. The lowest BCUT2D eigenvalue weighted by Gasteiger charge is -2.15. The van der Waals surface area contributed by atoms with E-state index in [0.29, 0.717) is 31.6 Å². The molecule has 3 heterocycles. The van der Waals surface area contributed by atoms with Gasteiger partial charge in [0.25, 0.3) is 0 Å². The van der Waals surface area contributed by atoms with Crippen molar-refractivity contribution in [2.24, 2.45) is 5.10 Å². The number of nitrogens with one attached hydrogen (secondary N) is 4. The number of aromatic nitrogens is 2. The van der Waals surface area contributed by atoms with Gasteiger partial charge in [0, 0.05) is 37.3 Å². The molecular weight excluding hydrogens is 380 g/mol. The van der Waals surface area contributed by atoms with Crippen LogP contribution in [-0.2, 0) is 30.7 Å². The Labute approximate surface area is 175 Å². The molecule has 30 heavy (non-hydrogen) atoms. The van der Waals surface area contributed by atoms with Crippen molar-refractivity contribution < 1.29 is 4.79 Å². The molecule has 4 N–H and O–H groups in total. The van der Waals surface area contributed by atoms with Crippen molar-refractivity contribution >= 4 is 17.6 Å². The number of carbonyl (C=O) groups is 1. The van der Waals surface area contributed by atoms with Crippen molar-refractivity contribution in [3.63, 3.8) is 0 Å². The maximum absolute atomic E-state index is 12.5. The number of hydrogen-bond donors (Lipinski definition) is 4. The number of rotatable bonds is 7. The third-order valence-corrected chi connectivity index (χ3v) is 5.85. The summed E-state index contributed by atoms with van der Waals surface area (Å²) < 4.78 is 0. The smallest absolute Gasteiger partial charge is 0.237 e. The minimum Gasteiger partial charge on any atom is -0.351 e. The molecule has 0 saturated carbocycles. The second kappa shape index (κ2) is 8.37. The summed E-state index contributed by atoms with van der Waals surface area (Å²) in [6.07, 6.45) is 4.65. The van der Waals surface area contributed by atoms with Crippen LogP contribution in [0.15, 0.2) is 35.6 Å². The molecule has 3 aliphatic rings. The van der Waals surface area contributed by atoms with E-state index in [1.54, 1.807) is 0 Å². The zero-order valence-corrected chi connectivity index (χ0v) is 16.8. The number of benzene rings is 1. The fourth-order valence-corrected chi connectivity index (χ4v) is 4.23. The van der Waals surface area contributed by atoms with Gasteiger partial charge < -0.3 is 15.5 Å². The van der Waals surface area contributed by atoms with Crippen LogP contribution in [0.3, 0.4) is 0 Å². The first-order valence-corrected chi connectivity index (χ1v) is 10.4. The summed E-state index contributed by atoms with van der Waals surface area (Å²) >= 11 is 0. The first-order valence-electron chi connectivity index (χ1n) is 10.4. The second-order valence-electron chi connectivity index (χ2n) is 8.00. The number of amides is 1. The van der Waals surface area contributed by atoms with Crippen LogP contribution in [0.5, 0.6) is 0 Å². The van der Waals surface area contributed by atoms with E-state index >= 15 is 0 Å². The van der Waals surface area contributed by atoms with E-state index in [0.717, 1.165) is 49.3 Å². The van der Waals surface area contributed by atoms with Crippen LogP contribution in [-0.4, -0.2) is 52.2 Å². The highest BCUT2D eigenvalue weighted by atomic mass is 16.2. The van der Waals surface area contributed by atoms with Crippen molar-refractivity contribution in [3.05, 3.63) is 52.8 Å². The third-order valence-electron chi connectivity index (χ3n) is 5.85. The highest BCUT2D eigenvalue weighted by Crippen LogP contribution is 2.25. The summed E-state index contributed by atoms with van der Waals surface area (Å²) in [4.78, 5) is 23.6.